The Morgan fingerprint density at radius 2 is 1.65 bits per heavy atom. The number of amides is 1. The van der Waals surface area contributed by atoms with Crippen LogP contribution < -0.4 is 15.4 Å². The molecule has 9 heteroatoms. The van der Waals surface area contributed by atoms with E-state index in [0.717, 1.165) is 19.3 Å². The molecule has 0 aliphatic carbocycles. The van der Waals surface area contributed by atoms with Crippen LogP contribution in [0.5, 0.6) is 5.75 Å². The zero-order chi connectivity index (χ0) is 25.0. The summed E-state index contributed by atoms with van der Waals surface area (Å²) >= 11 is 5.22. The van der Waals surface area contributed by atoms with Crippen LogP contribution in [0.15, 0.2) is 78.7 Å². The van der Waals surface area contributed by atoms with Crippen LogP contribution in [0.25, 0.3) is 0 Å². The number of hydrogen-bond donors (Lipinski definition) is 2. The van der Waals surface area contributed by atoms with Crippen molar-refractivity contribution in [2.75, 3.05) is 25.0 Å². The minimum absolute atomic E-state index is 0.0976. The third-order valence-corrected chi connectivity index (χ3v) is 6.83. The first kappa shape index (κ1) is 27.2. The number of unbranched alkanes of at least 4 members (excludes halogenated alkanes) is 2. The predicted octanol–water partition coefficient (Wildman–Crippen LogP) is 4.75. The van der Waals surface area contributed by atoms with Crippen LogP contribution in [0.2, 0.25) is 0 Å². The summed E-state index contributed by atoms with van der Waals surface area (Å²) in [7, 11) is -3.69. The molecule has 0 radical (unpaired) electrons. The van der Waals surface area contributed by atoms with Crippen molar-refractivity contribution in [2.45, 2.75) is 31.1 Å². The van der Waals surface area contributed by atoms with Crippen LogP contribution in [0.4, 0.5) is 5.69 Å². The number of ether oxygens (including phenoxy) is 1. The number of rotatable bonds is 13. The van der Waals surface area contributed by atoms with Gasteiger partial charge in [-0.15, -0.1) is 13.2 Å². The third kappa shape index (κ3) is 8.09. The Morgan fingerprint density at radius 3 is 2.21 bits per heavy atom. The van der Waals surface area contributed by atoms with Crippen LogP contribution in [0, 0.1) is 0 Å². The molecular formula is C25H31N3O4S2. The molecule has 0 aromatic heterocycles. The van der Waals surface area contributed by atoms with Crippen molar-refractivity contribution in [3.63, 3.8) is 0 Å². The molecule has 2 N–H and O–H groups in total. The summed E-state index contributed by atoms with van der Waals surface area (Å²) in [6.07, 6.45) is 6.28. The Bertz CT molecular complexity index is 1070. The van der Waals surface area contributed by atoms with Gasteiger partial charge in [0.25, 0.3) is 5.91 Å². The normalized spacial score (nSPS) is 11.0. The molecule has 0 saturated heterocycles. The zero-order valence-electron chi connectivity index (χ0n) is 19.3. The summed E-state index contributed by atoms with van der Waals surface area (Å²) in [5.41, 5.74) is 0.982. The first-order valence-corrected chi connectivity index (χ1v) is 12.8. The van der Waals surface area contributed by atoms with Crippen molar-refractivity contribution >= 4 is 38.9 Å². The Balaban J connectivity index is 1.94. The summed E-state index contributed by atoms with van der Waals surface area (Å²) in [6, 6.07) is 12.9. The quantitative estimate of drug-likeness (QED) is 0.234. The van der Waals surface area contributed by atoms with E-state index >= 15 is 0 Å². The Kier molecular flexibility index (Phi) is 10.9. The number of carbonyl (C=O) groups is 1. The van der Waals surface area contributed by atoms with E-state index in [0.29, 0.717) is 23.6 Å². The summed E-state index contributed by atoms with van der Waals surface area (Å²) < 4.78 is 32.5. The lowest BCUT2D eigenvalue weighted by molar-refractivity contribution is 0.0977. The fourth-order valence-corrected chi connectivity index (χ4v) is 4.59. The molecule has 0 aliphatic heterocycles. The number of anilines is 1. The number of benzene rings is 2. The van der Waals surface area contributed by atoms with Crippen LogP contribution in [0.3, 0.4) is 0 Å². The van der Waals surface area contributed by atoms with E-state index in [1.54, 1.807) is 36.4 Å². The van der Waals surface area contributed by atoms with Gasteiger partial charge in [0.15, 0.2) is 5.11 Å². The van der Waals surface area contributed by atoms with Crippen molar-refractivity contribution in [3.05, 3.63) is 79.4 Å². The van der Waals surface area contributed by atoms with Gasteiger partial charge in [0, 0.05) is 24.3 Å². The number of nitrogens with one attached hydrogen (secondary N) is 2. The predicted molar refractivity (Wildman–Crippen MR) is 141 cm³/mol. The van der Waals surface area contributed by atoms with Crippen LogP contribution >= 0.6 is 12.2 Å². The molecule has 7 nitrogen and oxygen atoms in total. The van der Waals surface area contributed by atoms with E-state index < -0.39 is 10.0 Å². The molecule has 0 unspecified atom stereocenters. The maximum atomic E-state index is 12.8. The van der Waals surface area contributed by atoms with E-state index in [1.165, 1.54) is 28.6 Å². The molecule has 2 rings (SSSR count). The lowest BCUT2D eigenvalue weighted by Crippen LogP contribution is -2.34. The van der Waals surface area contributed by atoms with Crippen LogP contribution in [-0.2, 0) is 10.0 Å². The highest BCUT2D eigenvalue weighted by molar-refractivity contribution is 7.89. The first-order valence-electron chi connectivity index (χ1n) is 11.0. The monoisotopic (exact) mass is 501 g/mol. The maximum Gasteiger partial charge on any atom is 0.257 e. The van der Waals surface area contributed by atoms with E-state index in [1.807, 2.05) is 0 Å². The van der Waals surface area contributed by atoms with Gasteiger partial charge in [-0.1, -0.05) is 31.9 Å². The van der Waals surface area contributed by atoms with Gasteiger partial charge in [-0.3, -0.25) is 10.1 Å². The van der Waals surface area contributed by atoms with Crippen molar-refractivity contribution in [2.24, 2.45) is 0 Å². The summed E-state index contributed by atoms with van der Waals surface area (Å²) in [5, 5.41) is 5.60. The van der Waals surface area contributed by atoms with Crippen molar-refractivity contribution in [1.82, 2.24) is 9.62 Å². The average Bonchev–Trinajstić information content (AvgIpc) is 2.82. The van der Waals surface area contributed by atoms with Gasteiger partial charge in [0.2, 0.25) is 10.0 Å². The fourth-order valence-electron chi connectivity index (χ4n) is 3.00. The molecule has 0 atom stereocenters. The number of carbonyl (C=O) groups excluding carboxylic acids is 1. The van der Waals surface area contributed by atoms with Crippen molar-refractivity contribution in [1.29, 1.82) is 0 Å². The molecule has 2 aromatic carbocycles. The van der Waals surface area contributed by atoms with Crippen molar-refractivity contribution < 1.29 is 17.9 Å². The molecule has 34 heavy (non-hydrogen) atoms. The van der Waals surface area contributed by atoms with E-state index in [9.17, 15) is 13.2 Å². The molecule has 0 heterocycles. The van der Waals surface area contributed by atoms with E-state index in [4.69, 9.17) is 17.0 Å². The Morgan fingerprint density at radius 1 is 1.03 bits per heavy atom. The minimum Gasteiger partial charge on any atom is -0.494 e. The molecule has 0 saturated carbocycles. The molecule has 0 spiro atoms. The van der Waals surface area contributed by atoms with Gasteiger partial charge in [0.05, 0.1) is 11.5 Å². The average molecular weight is 502 g/mol. The molecule has 2 aromatic rings. The second kappa shape index (κ2) is 13.6. The van der Waals surface area contributed by atoms with Gasteiger partial charge >= 0.3 is 0 Å². The minimum atomic E-state index is -3.69. The van der Waals surface area contributed by atoms with Gasteiger partial charge in [-0.25, -0.2) is 8.42 Å². The topological polar surface area (TPSA) is 87.7 Å². The Labute approximate surface area is 207 Å². The first-order chi connectivity index (χ1) is 16.3. The lowest BCUT2D eigenvalue weighted by atomic mass is 10.2. The fraction of sp³-hybridized carbons (Fsp3) is 0.280. The number of thiocarbonyl (C=S) groups is 1. The zero-order valence-corrected chi connectivity index (χ0v) is 21.0. The third-order valence-electron chi connectivity index (χ3n) is 4.78. The van der Waals surface area contributed by atoms with Gasteiger partial charge < -0.3 is 10.1 Å². The highest BCUT2D eigenvalue weighted by Gasteiger charge is 2.22. The summed E-state index contributed by atoms with van der Waals surface area (Å²) in [5.74, 6) is 0.349. The van der Waals surface area contributed by atoms with Crippen LogP contribution in [-0.4, -0.2) is 43.4 Å². The molecule has 182 valence electrons. The van der Waals surface area contributed by atoms with Gasteiger partial charge in [-0.2, -0.15) is 4.31 Å². The highest BCUT2D eigenvalue weighted by Crippen LogP contribution is 2.19. The van der Waals surface area contributed by atoms with Gasteiger partial charge in [0.1, 0.15) is 5.75 Å². The molecule has 0 aliphatic rings. The highest BCUT2D eigenvalue weighted by atomic mass is 32.2. The smallest absolute Gasteiger partial charge is 0.257 e. The van der Waals surface area contributed by atoms with Crippen LogP contribution in [0.1, 0.15) is 36.5 Å². The molecule has 0 fully saturated rings. The number of hydrogen-bond acceptors (Lipinski definition) is 5. The molecule has 0 bridgehead atoms. The lowest BCUT2D eigenvalue weighted by Gasteiger charge is -2.19. The largest absolute Gasteiger partial charge is 0.494 e. The van der Waals surface area contributed by atoms with E-state index in [-0.39, 0.29) is 29.0 Å². The van der Waals surface area contributed by atoms with Gasteiger partial charge in [-0.05, 0) is 67.2 Å². The number of sulfonamides is 1. The summed E-state index contributed by atoms with van der Waals surface area (Å²) in [6.45, 7) is 10.3. The van der Waals surface area contributed by atoms with E-state index in [2.05, 4.69) is 30.7 Å². The second-order valence-corrected chi connectivity index (χ2v) is 9.76. The standard InChI is InChI=1S/C25H31N3O4S2/c1-4-7-8-19-32-22-13-9-20(10-14-22)24(29)27-25(33)26-21-11-15-23(16-12-21)34(30,31)28(17-5-2)18-6-3/h5-6,9-16H,2-4,7-8,17-19H2,1H3,(H2,26,27,29,33). The number of nitrogens with zero attached hydrogens (tertiary/aromatic N) is 1. The second-order valence-electron chi connectivity index (χ2n) is 7.41. The van der Waals surface area contributed by atoms with Crippen molar-refractivity contribution in [3.8, 4) is 5.75 Å². The molecule has 1 amide bonds. The maximum absolute atomic E-state index is 12.8. The summed E-state index contributed by atoms with van der Waals surface area (Å²) in [4.78, 5) is 12.6. The molecular weight excluding hydrogens is 470 g/mol. The Hall–Kier alpha value is -3.01. The SMILES string of the molecule is C=CCN(CC=C)S(=O)(=O)c1ccc(NC(=S)NC(=O)c2ccc(OCCCCC)cc2)cc1.